The van der Waals surface area contributed by atoms with Crippen LogP contribution in [-0.4, -0.2) is 17.1 Å². The maximum absolute atomic E-state index is 5.89. The van der Waals surface area contributed by atoms with E-state index in [-0.39, 0.29) is 5.92 Å². The lowest BCUT2D eigenvalue weighted by molar-refractivity contribution is 0.288. The normalized spacial score (nSPS) is 10.8. The number of benzene rings is 1. The third-order valence-corrected chi connectivity index (χ3v) is 3.39. The Labute approximate surface area is 126 Å². The van der Waals surface area contributed by atoms with Gasteiger partial charge < -0.3 is 9.47 Å². The fourth-order valence-electron chi connectivity index (χ4n) is 1.94. The molecule has 21 heavy (non-hydrogen) atoms. The standard InChI is InChI=1S/C17H22N2O2/c1-11(2)16-18-13(4)12(3)17(19-16)21-10-14-7-6-8-15(9-14)20-5/h6-9,11H,10H2,1-5H3. The molecule has 0 aliphatic rings. The summed E-state index contributed by atoms with van der Waals surface area (Å²) in [5, 5.41) is 0. The van der Waals surface area contributed by atoms with Gasteiger partial charge in [-0.05, 0) is 31.5 Å². The second-order valence-electron chi connectivity index (χ2n) is 5.39. The number of aryl methyl sites for hydroxylation is 1. The van der Waals surface area contributed by atoms with Crippen molar-refractivity contribution >= 4 is 0 Å². The Morgan fingerprint density at radius 2 is 1.90 bits per heavy atom. The molecule has 0 aliphatic carbocycles. The van der Waals surface area contributed by atoms with E-state index >= 15 is 0 Å². The van der Waals surface area contributed by atoms with Crippen LogP contribution in [0, 0.1) is 13.8 Å². The predicted molar refractivity (Wildman–Crippen MR) is 82.9 cm³/mol. The van der Waals surface area contributed by atoms with Gasteiger partial charge in [0, 0.05) is 17.2 Å². The van der Waals surface area contributed by atoms with E-state index in [0.717, 1.165) is 28.4 Å². The number of ether oxygens (including phenoxy) is 2. The summed E-state index contributed by atoms with van der Waals surface area (Å²) in [6.45, 7) is 8.60. The highest BCUT2D eigenvalue weighted by atomic mass is 16.5. The molecule has 2 aromatic rings. The van der Waals surface area contributed by atoms with Crippen LogP contribution in [0.5, 0.6) is 11.6 Å². The zero-order valence-corrected chi connectivity index (χ0v) is 13.3. The molecule has 0 unspecified atom stereocenters. The largest absolute Gasteiger partial charge is 0.497 e. The van der Waals surface area contributed by atoms with Gasteiger partial charge in [0.25, 0.3) is 0 Å². The third kappa shape index (κ3) is 3.72. The average Bonchev–Trinajstić information content (AvgIpc) is 2.48. The Bertz CT molecular complexity index is 624. The SMILES string of the molecule is COc1cccc(COc2nc(C(C)C)nc(C)c2C)c1. The van der Waals surface area contributed by atoms with Crippen molar-refractivity contribution in [3.05, 3.63) is 46.9 Å². The lowest BCUT2D eigenvalue weighted by Crippen LogP contribution is -2.07. The lowest BCUT2D eigenvalue weighted by atomic mass is 10.2. The molecular weight excluding hydrogens is 264 g/mol. The summed E-state index contributed by atoms with van der Waals surface area (Å²) in [6, 6.07) is 7.84. The Morgan fingerprint density at radius 3 is 2.57 bits per heavy atom. The molecule has 1 heterocycles. The van der Waals surface area contributed by atoms with E-state index in [0.29, 0.717) is 12.5 Å². The highest BCUT2D eigenvalue weighted by molar-refractivity contribution is 5.31. The highest BCUT2D eigenvalue weighted by Gasteiger charge is 2.12. The summed E-state index contributed by atoms with van der Waals surface area (Å²) >= 11 is 0. The first-order valence-corrected chi connectivity index (χ1v) is 7.12. The maximum atomic E-state index is 5.89. The van der Waals surface area contributed by atoms with E-state index < -0.39 is 0 Å². The van der Waals surface area contributed by atoms with Crippen molar-refractivity contribution in [2.24, 2.45) is 0 Å². The van der Waals surface area contributed by atoms with E-state index in [4.69, 9.17) is 9.47 Å². The van der Waals surface area contributed by atoms with E-state index in [1.165, 1.54) is 0 Å². The minimum atomic E-state index is 0.281. The molecule has 4 nitrogen and oxygen atoms in total. The number of nitrogens with zero attached hydrogens (tertiary/aromatic N) is 2. The number of methoxy groups -OCH3 is 1. The first kappa shape index (κ1) is 15.3. The maximum Gasteiger partial charge on any atom is 0.220 e. The van der Waals surface area contributed by atoms with E-state index in [1.54, 1.807) is 7.11 Å². The fourth-order valence-corrected chi connectivity index (χ4v) is 1.94. The van der Waals surface area contributed by atoms with Gasteiger partial charge in [-0.3, -0.25) is 0 Å². The molecule has 1 aromatic carbocycles. The van der Waals surface area contributed by atoms with Crippen LogP contribution in [0.3, 0.4) is 0 Å². The lowest BCUT2D eigenvalue weighted by Gasteiger charge is -2.13. The molecule has 0 amide bonds. The van der Waals surface area contributed by atoms with Crippen LogP contribution in [-0.2, 0) is 6.61 Å². The first-order chi connectivity index (χ1) is 10.0. The molecule has 0 atom stereocenters. The van der Waals surface area contributed by atoms with Gasteiger partial charge in [-0.2, -0.15) is 4.98 Å². The Kier molecular flexibility index (Phi) is 4.78. The van der Waals surface area contributed by atoms with Gasteiger partial charge in [0.15, 0.2) is 0 Å². The molecule has 1 aromatic heterocycles. The Hall–Kier alpha value is -2.10. The van der Waals surface area contributed by atoms with E-state index in [1.807, 2.05) is 38.1 Å². The molecular formula is C17H22N2O2. The molecule has 0 saturated heterocycles. The van der Waals surface area contributed by atoms with Crippen molar-refractivity contribution < 1.29 is 9.47 Å². The molecule has 0 radical (unpaired) electrons. The molecule has 4 heteroatoms. The quantitative estimate of drug-likeness (QED) is 0.838. The van der Waals surface area contributed by atoms with Crippen LogP contribution in [0.1, 0.15) is 42.4 Å². The van der Waals surface area contributed by atoms with Crippen LogP contribution in [0.25, 0.3) is 0 Å². The van der Waals surface area contributed by atoms with Crippen LogP contribution in [0.4, 0.5) is 0 Å². The van der Waals surface area contributed by atoms with Gasteiger partial charge in [-0.1, -0.05) is 26.0 Å². The smallest absolute Gasteiger partial charge is 0.220 e. The van der Waals surface area contributed by atoms with Crippen LogP contribution >= 0.6 is 0 Å². The van der Waals surface area contributed by atoms with Gasteiger partial charge in [0.05, 0.1) is 7.11 Å². The van der Waals surface area contributed by atoms with Crippen molar-refractivity contribution in [1.29, 1.82) is 0 Å². The number of aromatic nitrogens is 2. The summed E-state index contributed by atoms with van der Waals surface area (Å²) in [5.74, 6) is 2.59. The summed E-state index contributed by atoms with van der Waals surface area (Å²) in [6.07, 6.45) is 0. The predicted octanol–water partition coefficient (Wildman–Crippen LogP) is 3.80. The monoisotopic (exact) mass is 286 g/mol. The number of rotatable bonds is 5. The number of hydrogen-bond donors (Lipinski definition) is 0. The molecule has 0 fully saturated rings. The second kappa shape index (κ2) is 6.57. The topological polar surface area (TPSA) is 44.2 Å². The highest BCUT2D eigenvalue weighted by Crippen LogP contribution is 2.22. The summed E-state index contributed by atoms with van der Waals surface area (Å²) in [4.78, 5) is 9.03. The Balaban J connectivity index is 2.19. The molecule has 0 N–H and O–H groups in total. The number of hydrogen-bond acceptors (Lipinski definition) is 4. The minimum Gasteiger partial charge on any atom is -0.497 e. The fraction of sp³-hybridized carbons (Fsp3) is 0.412. The van der Waals surface area contributed by atoms with Crippen LogP contribution in [0.2, 0.25) is 0 Å². The van der Waals surface area contributed by atoms with Gasteiger partial charge in [0.1, 0.15) is 18.2 Å². The van der Waals surface area contributed by atoms with E-state index in [2.05, 4.69) is 23.8 Å². The molecule has 0 saturated carbocycles. The first-order valence-electron chi connectivity index (χ1n) is 7.12. The van der Waals surface area contributed by atoms with Crippen LogP contribution < -0.4 is 9.47 Å². The van der Waals surface area contributed by atoms with E-state index in [9.17, 15) is 0 Å². The summed E-state index contributed by atoms with van der Waals surface area (Å²) in [7, 11) is 1.66. The molecule has 0 spiro atoms. The second-order valence-corrected chi connectivity index (χ2v) is 5.39. The van der Waals surface area contributed by atoms with Crippen molar-refractivity contribution in [3.63, 3.8) is 0 Å². The van der Waals surface area contributed by atoms with Crippen molar-refractivity contribution in [3.8, 4) is 11.6 Å². The van der Waals surface area contributed by atoms with Crippen molar-refractivity contribution in [2.45, 2.75) is 40.2 Å². The van der Waals surface area contributed by atoms with Crippen molar-refractivity contribution in [2.75, 3.05) is 7.11 Å². The van der Waals surface area contributed by atoms with Gasteiger partial charge in [-0.25, -0.2) is 4.98 Å². The summed E-state index contributed by atoms with van der Waals surface area (Å²) in [5.41, 5.74) is 3.01. The van der Waals surface area contributed by atoms with Crippen molar-refractivity contribution in [1.82, 2.24) is 9.97 Å². The molecule has 0 bridgehead atoms. The zero-order valence-electron chi connectivity index (χ0n) is 13.3. The van der Waals surface area contributed by atoms with Crippen LogP contribution in [0.15, 0.2) is 24.3 Å². The van der Waals surface area contributed by atoms with Gasteiger partial charge >= 0.3 is 0 Å². The molecule has 112 valence electrons. The summed E-state index contributed by atoms with van der Waals surface area (Å²) < 4.78 is 11.1. The average molecular weight is 286 g/mol. The molecule has 2 rings (SSSR count). The third-order valence-electron chi connectivity index (χ3n) is 3.39. The Morgan fingerprint density at radius 1 is 1.14 bits per heavy atom. The molecule has 0 aliphatic heterocycles. The zero-order chi connectivity index (χ0) is 15.4. The van der Waals surface area contributed by atoms with Gasteiger partial charge in [-0.15, -0.1) is 0 Å². The minimum absolute atomic E-state index is 0.281. The van der Waals surface area contributed by atoms with Gasteiger partial charge in [0.2, 0.25) is 5.88 Å².